The Morgan fingerprint density at radius 1 is 1.06 bits per heavy atom. The van der Waals surface area contributed by atoms with Gasteiger partial charge >= 0.3 is 0 Å². The third-order valence-corrected chi connectivity index (χ3v) is 8.40. The Labute approximate surface area is 214 Å². The Morgan fingerprint density at radius 2 is 1.94 bits per heavy atom. The molecule has 2 aliphatic carbocycles. The van der Waals surface area contributed by atoms with Crippen molar-refractivity contribution in [1.29, 1.82) is 0 Å². The highest BCUT2D eigenvalue weighted by atomic mass is 32.2. The first-order valence-electron chi connectivity index (χ1n) is 12.5. The Kier molecular flexibility index (Phi) is 7.19. The summed E-state index contributed by atoms with van der Waals surface area (Å²) < 4.78 is 5.72. The van der Waals surface area contributed by atoms with E-state index in [1.54, 1.807) is 7.11 Å². The third kappa shape index (κ3) is 5.28. The fourth-order valence-electron chi connectivity index (χ4n) is 4.88. The molecule has 2 heterocycles. The van der Waals surface area contributed by atoms with Gasteiger partial charge in [-0.25, -0.2) is 0 Å². The molecule has 0 spiro atoms. The topological polar surface area (TPSA) is 24.5 Å². The summed E-state index contributed by atoms with van der Waals surface area (Å²) in [5.74, 6) is 0.901. The number of hydrogen-bond donors (Lipinski definition) is 1. The molecule has 3 nitrogen and oxygen atoms in total. The molecule has 5 rings (SSSR count). The molecule has 1 unspecified atom stereocenters. The van der Waals surface area contributed by atoms with E-state index in [0.717, 1.165) is 49.5 Å². The van der Waals surface area contributed by atoms with Gasteiger partial charge in [0, 0.05) is 40.3 Å². The zero-order chi connectivity index (χ0) is 24.2. The van der Waals surface area contributed by atoms with Gasteiger partial charge in [0.15, 0.2) is 0 Å². The standard InChI is InChI=1S/C31H34N2OS/c1-22-20-26(34-3)17-19-33(25-10-5-4-6-11-25)18-9-13-29(23(22)2)32-24-15-16-31-28(21-24)27-12-7-8-14-30(27)35-31/h4-5,7-10,12-13,15-17,20-21,30,32H,6,11,14,18-19H2,1-3H3/b13-9-,22-20+,26-17+,29-23-. The number of allylic oxidation sites excluding steroid dienone is 11. The summed E-state index contributed by atoms with van der Waals surface area (Å²) in [6, 6.07) is 6.80. The van der Waals surface area contributed by atoms with Crippen LogP contribution in [0.2, 0.25) is 0 Å². The van der Waals surface area contributed by atoms with Crippen LogP contribution in [-0.4, -0.2) is 30.3 Å². The third-order valence-electron chi connectivity index (χ3n) is 7.06. The molecule has 0 bridgehead atoms. The maximum Gasteiger partial charge on any atom is 0.116 e. The molecule has 0 amide bonds. The van der Waals surface area contributed by atoms with E-state index >= 15 is 0 Å². The van der Waals surface area contributed by atoms with Gasteiger partial charge in [-0.3, -0.25) is 0 Å². The van der Waals surface area contributed by atoms with E-state index in [-0.39, 0.29) is 0 Å². The van der Waals surface area contributed by atoms with Crippen molar-refractivity contribution < 1.29 is 4.74 Å². The minimum atomic E-state index is 0.558. The molecule has 0 fully saturated rings. The maximum absolute atomic E-state index is 5.72. The van der Waals surface area contributed by atoms with Crippen molar-refractivity contribution in [3.8, 4) is 0 Å². The number of ether oxygens (including phenoxy) is 1. The Balaban J connectivity index is 1.46. The molecule has 1 aromatic rings. The second-order valence-corrected chi connectivity index (χ2v) is 10.6. The van der Waals surface area contributed by atoms with Crippen molar-refractivity contribution in [1.82, 2.24) is 4.90 Å². The summed E-state index contributed by atoms with van der Waals surface area (Å²) >= 11 is 1.99. The van der Waals surface area contributed by atoms with Gasteiger partial charge in [-0.1, -0.05) is 36.5 Å². The van der Waals surface area contributed by atoms with Crippen molar-refractivity contribution in [2.75, 3.05) is 25.5 Å². The van der Waals surface area contributed by atoms with Crippen molar-refractivity contribution >= 4 is 23.0 Å². The number of methoxy groups -OCH3 is 1. The number of fused-ring (bicyclic) bond motifs is 3. The van der Waals surface area contributed by atoms with Crippen LogP contribution in [0.5, 0.6) is 0 Å². The van der Waals surface area contributed by atoms with E-state index in [2.05, 4.69) is 103 Å². The molecule has 0 radical (unpaired) electrons. The minimum Gasteiger partial charge on any atom is -0.497 e. The fraction of sp³-hybridized carbons (Fsp3) is 0.290. The number of rotatable bonds is 4. The highest BCUT2D eigenvalue weighted by Gasteiger charge is 2.28. The molecule has 0 saturated heterocycles. The zero-order valence-corrected chi connectivity index (χ0v) is 21.7. The molecule has 180 valence electrons. The Morgan fingerprint density at radius 3 is 2.77 bits per heavy atom. The monoisotopic (exact) mass is 482 g/mol. The lowest BCUT2D eigenvalue weighted by Gasteiger charge is -2.26. The quantitative estimate of drug-likeness (QED) is 0.474. The van der Waals surface area contributed by atoms with E-state index in [0.29, 0.717) is 5.25 Å². The van der Waals surface area contributed by atoms with Crippen LogP contribution in [0, 0.1) is 0 Å². The van der Waals surface area contributed by atoms with Gasteiger partial charge in [-0.05, 0) is 97.9 Å². The molecule has 2 aliphatic heterocycles. The van der Waals surface area contributed by atoms with Crippen molar-refractivity contribution in [2.24, 2.45) is 0 Å². The highest BCUT2D eigenvalue weighted by Crippen LogP contribution is 2.48. The van der Waals surface area contributed by atoms with Crippen LogP contribution in [0.25, 0.3) is 5.57 Å². The predicted octanol–water partition coefficient (Wildman–Crippen LogP) is 7.77. The minimum absolute atomic E-state index is 0.558. The zero-order valence-electron chi connectivity index (χ0n) is 20.9. The van der Waals surface area contributed by atoms with Gasteiger partial charge in [0.25, 0.3) is 0 Å². The predicted molar refractivity (Wildman–Crippen MR) is 150 cm³/mol. The molecule has 35 heavy (non-hydrogen) atoms. The summed E-state index contributed by atoms with van der Waals surface area (Å²) in [5, 5.41) is 4.30. The van der Waals surface area contributed by atoms with Crippen LogP contribution in [0.1, 0.15) is 38.7 Å². The maximum atomic E-state index is 5.72. The summed E-state index contributed by atoms with van der Waals surface area (Å²) in [5.41, 5.74) is 8.85. The largest absolute Gasteiger partial charge is 0.497 e. The van der Waals surface area contributed by atoms with Crippen LogP contribution >= 0.6 is 11.8 Å². The molecule has 1 atom stereocenters. The first-order chi connectivity index (χ1) is 17.1. The van der Waals surface area contributed by atoms with E-state index in [4.69, 9.17) is 4.74 Å². The van der Waals surface area contributed by atoms with Gasteiger partial charge in [0.2, 0.25) is 0 Å². The van der Waals surface area contributed by atoms with Gasteiger partial charge in [0.1, 0.15) is 5.76 Å². The first kappa shape index (κ1) is 23.6. The second kappa shape index (κ2) is 10.7. The number of thioether (sulfide) groups is 1. The van der Waals surface area contributed by atoms with Crippen LogP contribution in [0.3, 0.4) is 0 Å². The molecule has 1 aromatic carbocycles. The lowest BCUT2D eigenvalue weighted by atomic mass is 9.97. The lowest BCUT2D eigenvalue weighted by molar-refractivity contribution is 0.300. The molecule has 1 N–H and O–H groups in total. The molecular formula is C31H34N2OS. The van der Waals surface area contributed by atoms with Gasteiger partial charge < -0.3 is 15.0 Å². The number of anilines is 1. The Hall–Kier alpha value is -3.11. The van der Waals surface area contributed by atoms with Crippen molar-refractivity contribution in [3.63, 3.8) is 0 Å². The smallest absolute Gasteiger partial charge is 0.116 e. The number of nitrogens with one attached hydrogen (secondary N) is 1. The van der Waals surface area contributed by atoms with Gasteiger partial charge in [-0.15, -0.1) is 11.8 Å². The molecule has 4 aliphatic rings. The SMILES string of the molecule is COC1=C\CN(C2=CC=CCC2)C\C=C/C(Nc2ccc3c(c2)C2=CC=CCC2S3)=C(C)/C(C)=C/1. The van der Waals surface area contributed by atoms with Crippen LogP contribution < -0.4 is 5.32 Å². The second-order valence-electron chi connectivity index (χ2n) is 9.34. The van der Waals surface area contributed by atoms with Crippen LogP contribution in [0.15, 0.2) is 112 Å². The number of hydrogen-bond acceptors (Lipinski definition) is 4. The van der Waals surface area contributed by atoms with Crippen LogP contribution in [0.4, 0.5) is 5.69 Å². The van der Waals surface area contributed by atoms with E-state index in [1.807, 2.05) is 11.8 Å². The van der Waals surface area contributed by atoms with E-state index in [9.17, 15) is 0 Å². The van der Waals surface area contributed by atoms with E-state index < -0.39 is 0 Å². The average Bonchev–Trinajstić information content (AvgIpc) is 3.26. The average molecular weight is 483 g/mol. The highest BCUT2D eigenvalue weighted by molar-refractivity contribution is 8.00. The first-order valence-corrected chi connectivity index (χ1v) is 13.4. The summed E-state index contributed by atoms with van der Waals surface area (Å²) in [7, 11) is 1.75. The van der Waals surface area contributed by atoms with Crippen molar-refractivity contribution in [2.45, 2.75) is 43.3 Å². The molecule has 0 aromatic heterocycles. The molecule has 4 heteroatoms. The summed E-state index contributed by atoms with van der Waals surface area (Å²) in [6.45, 7) is 6.02. The summed E-state index contributed by atoms with van der Waals surface area (Å²) in [4.78, 5) is 3.81. The number of nitrogens with zero attached hydrogens (tertiary/aromatic N) is 1. The normalized spacial score (nSPS) is 27.9. The lowest BCUT2D eigenvalue weighted by Crippen LogP contribution is -2.24. The molecule has 0 saturated carbocycles. The van der Waals surface area contributed by atoms with E-state index in [1.165, 1.54) is 32.9 Å². The Bertz CT molecular complexity index is 1240. The fourth-order valence-corrected chi connectivity index (χ4v) is 6.18. The summed E-state index contributed by atoms with van der Waals surface area (Å²) in [6.07, 6.45) is 25.5. The van der Waals surface area contributed by atoms with Crippen molar-refractivity contribution in [3.05, 3.63) is 113 Å². The molecular weight excluding hydrogens is 448 g/mol. The van der Waals surface area contributed by atoms with Crippen LogP contribution in [-0.2, 0) is 4.74 Å². The van der Waals surface area contributed by atoms with Gasteiger partial charge in [0.05, 0.1) is 7.11 Å². The number of benzene rings is 1. The van der Waals surface area contributed by atoms with Gasteiger partial charge in [-0.2, -0.15) is 0 Å².